The summed E-state index contributed by atoms with van der Waals surface area (Å²) < 4.78 is 4.80. The highest BCUT2D eigenvalue weighted by Crippen LogP contribution is 2.45. The lowest BCUT2D eigenvalue weighted by Crippen LogP contribution is -2.72. The molecule has 0 saturated carbocycles. The van der Waals surface area contributed by atoms with Crippen molar-refractivity contribution in [1.29, 1.82) is 0 Å². The molecular weight excluding hydrogens is 316 g/mol. The highest BCUT2D eigenvalue weighted by molar-refractivity contribution is 5.98. The molecule has 6 heteroatoms. The van der Waals surface area contributed by atoms with Crippen LogP contribution in [0, 0.1) is 5.41 Å². The first kappa shape index (κ1) is 15.6. The van der Waals surface area contributed by atoms with Crippen LogP contribution in [0.3, 0.4) is 0 Å². The molecule has 0 aliphatic carbocycles. The van der Waals surface area contributed by atoms with Gasteiger partial charge in [0.25, 0.3) is 0 Å². The van der Waals surface area contributed by atoms with Crippen LogP contribution in [0.2, 0.25) is 0 Å². The van der Waals surface area contributed by atoms with Gasteiger partial charge in [0.2, 0.25) is 0 Å². The molecule has 25 heavy (non-hydrogen) atoms. The third kappa shape index (κ3) is 2.54. The zero-order valence-corrected chi connectivity index (χ0v) is 14.2. The van der Waals surface area contributed by atoms with Crippen molar-refractivity contribution >= 4 is 28.7 Å². The SMILES string of the molecule is COC(=O)c1cccc(N2CC3(CN(c4ccc(N)cc4)C3)C2)c1N. The van der Waals surface area contributed by atoms with E-state index in [2.05, 4.69) is 21.9 Å². The summed E-state index contributed by atoms with van der Waals surface area (Å²) in [4.78, 5) is 16.4. The minimum atomic E-state index is -0.396. The summed E-state index contributed by atoms with van der Waals surface area (Å²) in [5.41, 5.74) is 16.1. The van der Waals surface area contributed by atoms with Crippen LogP contribution >= 0.6 is 0 Å². The topological polar surface area (TPSA) is 84.8 Å². The van der Waals surface area contributed by atoms with Gasteiger partial charge in [-0.05, 0) is 36.4 Å². The number of nitrogens with zero attached hydrogens (tertiary/aromatic N) is 2. The molecule has 6 nitrogen and oxygen atoms in total. The van der Waals surface area contributed by atoms with E-state index in [-0.39, 0.29) is 0 Å². The molecular formula is C19H22N4O2. The van der Waals surface area contributed by atoms with E-state index >= 15 is 0 Å². The summed E-state index contributed by atoms with van der Waals surface area (Å²) in [6.07, 6.45) is 0. The van der Waals surface area contributed by atoms with Gasteiger partial charge in [0, 0.05) is 43.0 Å². The van der Waals surface area contributed by atoms with Crippen LogP contribution in [0.15, 0.2) is 42.5 Å². The minimum Gasteiger partial charge on any atom is -0.465 e. The maximum atomic E-state index is 11.8. The molecule has 0 aromatic heterocycles. The summed E-state index contributed by atoms with van der Waals surface area (Å²) in [7, 11) is 1.37. The maximum absolute atomic E-state index is 11.8. The Kier molecular flexibility index (Phi) is 3.49. The number of carbonyl (C=O) groups is 1. The van der Waals surface area contributed by atoms with Crippen LogP contribution in [0.5, 0.6) is 0 Å². The molecule has 1 spiro atoms. The zero-order valence-electron chi connectivity index (χ0n) is 14.2. The van der Waals surface area contributed by atoms with Crippen molar-refractivity contribution in [2.24, 2.45) is 5.41 Å². The summed E-state index contributed by atoms with van der Waals surface area (Å²) in [5, 5.41) is 0. The highest BCUT2D eigenvalue weighted by Gasteiger charge is 2.52. The van der Waals surface area contributed by atoms with Gasteiger partial charge in [0.05, 0.1) is 24.0 Å². The van der Waals surface area contributed by atoms with Gasteiger partial charge in [-0.1, -0.05) is 6.07 Å². The number of hydrogen-bond acceptors (Lipinski definition) is 6. The molecule has 0 radical (unpaired) electrons. The number of benzene rings is 2. The Morgan fingerprint density at radius 1 is 1.00 bits per heavy atom. The van der Waals surface area contributed by atoms with Crippen LogP contribution < -0.4 is 21.3 Å². The van der Waals surface area contributed by atoms with E-state index in [1.807, 2.05) is 24.3 Å². The van der Waals surface area contributed by atoms with Gasteiger partial charge in [0.15, 0.2) is 0 Å². The average molecular weight is 338 g/mol. The predicted molar refractivity (Wildman–Crippen MR) is 99.9 cm³/mol. The molecule has 4 N–H and O–H groups in total. The van der Waals surface area contributed by atoms with Crippen molar-refractivity contribution in [2.45, 2.75) is 0 Å². The van der Waals surface area contributed by atoms with Gasteiger partial charge >= 0.3 is 5.97 Å². The Bertz CT molecular complexity index is 805. The zero-order chi connectivity index (χ0) is 17.6. The molecule has 0 bridgehead atoms. The molecule has 0 amide bonds. The highest BCUT2D eigenvalue weighted by atomic mass is 16.5. The number of methoxy groups -OCH3 is 1. The molecule has 2 aliphatic rings. The smallest absolute Gasteiger partial charge is 0.340 e. The molecule has 0 unspecified atom stereocenters. The Balaban J connectivity index is 1.42. The number of nitrogen functional groups attached to an aromatic ring is 2. The fraction of sp³-hybridized carbons (Fsp3) is 0.316. The monoisotopic (exact) mass is 338 g/mol. The molecule has 130 valence electrons. The quantitative estimate of drug-likeness (QED) is 0.657. The fourth-order valence-corrected chi connectivity index (χ4v) is 3.88. The number of ether oxygens (including phenoxy) is 1. The Morgan fingerprint density at radius 3 is 2.28 bits per heavy atom. The Hall–Kier alpha value is -2.89. The molecule has 2 fully saturated rings. The first-order chi connectivity index (χ1) is 12.0. The van der Waals surface area contributed by atoms with Crippen LogP contribution in [0.4, 0.5) is 22.7 Å². The molecule has 0 atom stereocenters. The van der Waals surface area contributed by atoms with Crippen LogP contribution in [0.25, 0.3) is 0 Å². The number of esters is 1. The van der Waals surface area contributed by atoms with Crippen molar-refractivity contribution in [3.63, 3.8) is 0 Å². The lowest BCUT2D eigenvalue weighted by atomic mass is 9.72. The van der Waals surface area contributed by atoms with Crippen LogP contribution in [0.1, 0.15) is 10.4 Å². The molecule has 2 aromatic carbocycles. The van der Waals surface area contributed by atoms with E-state index < -0.39 is 5.97 Å². The molecule has 2 saturated heterocycles. The third-order valence-corrected chi connectivity index (χ3v) is 5.19. The minimum absolute atomic E-state index is 0.315. The van der Waals surface area contributed by atoms with E-state index in [1.54, 1.807) is 6.07 Å². The van der Waals surface area contributed by atoms with Crippen LogP contribution in [-0.4, -0.2) is 39.3 Å². The van der Waals surface area contributed by atoms with E-state index in [9.17, 15) is 4.79 Å². The third-order valence-electron chi connectivity index (χ3n) is 5.19. The van der Waals surface area contributed by atoms with Gasteiger partial charge in [-0.25, -0.2) is 4.79 Å². The summed E-state index contributed by atoms with van der Waals surface area (Å²) in [6.45, 7) is 3.97. The second-order valence-electron chi connectivity index (χ2n) is 7.03. The van der Waals surface area contributed by atoms with Gasteiger partial charge in [-0.2, -0.15) is 0 Å². The van der Waals surface area contributed by atoms with Gasteiger partial charge in [-0.15, -0.1) is 0 Å². The van der Waals surface area contributed by atoms with Gasteiger partial charge in [0.1, 0.15) is 0 Å². The molecule has 4 rings (SSSR count). The number of rotatable bonds is 3. The lowest BCUT2D eigenvalue weighted by Gasteiger charge is -2.61. The van der Waals surface area contributed by atoms with Crippen molar-refractivity contribution in [1.82, 2.24) is 0 Å². The summed E-state index contributed by atoms with van der Waals surface area (Å²) in [6, 6.07) is 13.5. The van der Waals surface area contributed by atoms with E-state index in [1.165, 1.54) is 12.8 Å². The van der Waals surface area contributed by atoms with E-state index in [0.717, 1.165) is 37.6 Å². The van der Waals surface area contributed by atoms with Crippen molar-refractivity contribution in [2.75, 3.05) is 54.6 Å². The molecule has 2 heterocycles. The van der Waals surface area contributed by atoms with Gasteiger partial charge < -0.3 is 26.0 Å². The van der Waals surface area contributed by atoms with Crippen molar-refractivity contribution in [3.05, 3.63) is 48.0 Å². The second-order valence-corrected chi connectivity index (χ2v) is 7.03. The lowest BCUT2D eigenvalue weighted by molar-refractivity contribution is 0.0602. The number of anilines is 4. The first-order valence-electron chi connectivity index (χ1n) is 8.34. The first-order valence-corrected chi connectivity index (χ1v) is 8.34. The van der Waals surface area contributed by atoms with Crippen LogP contribution in [-0.2, 0) is 4.74 Å². The Labute approximate surface area is 147 Å². The molecule has 2 aromatic rings. The van der Waals surface area contributed by atoms with E-state index in [0.29, 0.717) is 16.7 Å². The van der Waals surface area contributed by atoms with Crippen molar-refractivity contribution in [3.8, 4) is 0 Å². The summed E-state index contributed by atoms with van der Waals surface area (Å²) in [5.74, 6) is -0.396. The van der Waals surface area contributed by atoms with Gasteiger partial charge in [-0.3, -0.25) is 0 Å². The number of carbonyl (C=O) groups excluding carboxylic acids is 1. The largest absolute Gasteiger partial charge is 0.465 e. The predicted octanol–water partition coefficient (Wildman–Crippen LogP) is 1.96. The molecule has 2 aliphatic heterocycles. The summed E-state index contributed by atoms with van der Waals surface area (Å²) >= 11 is 0. The normalized spacial score (nSPS) is 17.8. The second kappa shape index (κ2) is 5.58. The van der Waals surface area contributed by atoms with Crippen molar-refractivity contribution < 1.29 is 9.53 Å². The standard InChI is InChI=1S/C19H22N4O2/c1-25-18(24)15-3-2-4-16(17(15)21)23-11-19(12-23)9-22(10-19)14-7-5-13(20)6-8-14/h2-8H,9-12,20-21H2,1H3. The fourth-order valence-electron chi connectivity index (χ4n) is 3.88. The number of nitrogens with two attached hydrogens (primary N) is 2. The maximum Gasteiger partial charge on any atom is 0.340 e. The van der Waals surface area contributed by atoms with E-state index in [4.69, 9.17) is 16.2 Å². The average Bonchev–Trinajstić information content (AvgIpc) is 2.54. The Morgan fingerprint density at radius 2 is 1.64 bits per heavy atom. The number of hydrogen-bond donors (Lipinski definition) is 2. The number of para-hydroxylation sites is 1.